The molecular weight excluding hydrogens is 220 g/mol. The summed E-state index contributed by atoms with van der Waals surface area (Å²) in [6.45, 7) is 10.4. The minimum atomic E-state index is 0.926. The molecule has 2 nitrogen and oxygen atoms in total. The summed E-state index contributed by atoms with van der Waals surface area (Å²) in [6, 6.07) is 8.81. The van der Waals surface area contributed by atoms with E-state index in [0.29, 0.717) is 0 Å². The lowest BCUT2D eigenvalue weighted by atomic mass is 10.1. The molecule has 1 aliphatic rings. The van der Waals surface area contributed by atoms with Gasteiger partial charge < -0.3 is 10.2 Å². The van der Waals surface area contributed by atoms with Gasteiger partial charge in [0.2, 0.25) is 0 Å². The second kappa shape index (κ2) is 6.60. The van der Waals surface area contributed by atoms with Crippen LogP contribution in [0.4, 0.5) is 5.69 Å². The molecule has 2 rings (SSSR count). The van der Waals surface area contributed by atoms with E-state index in [9.17, 15) is 0 Å². The molecule has 0 unspecified atom stereocenters. The van der Waals surface area contributed by atoms with Gasteiger partial charge in [-0.05, 0) is 43.0 Å². The molecule has 0 fully saturated rings. The SMILES string of the molecule is C=C(CNCC)CN1CCCCc2ccccc21. The first-order valence-electron chi connectivity index (χ1n) is 7.01. The number of hydrogen-bond acceptors (Lipinski definition) is 2. The molecule has 1 heterocycles. The number of aryl methyl sites for hydroxylation is 1. The quantitative estimate of drug-likeness (QED) is 0.801. The fourth-order valence-electron chi connectivity index (χ4n) is 2.56. The fraction of sp³-hybridized carbons (Fsp3) is 0.500. The molecule has 0 radical (unpaired) electrons. The minimum Gasteiger partial charge on any atom is -0.367 e. The third-order valence-electron chi connectivity index (χ3n) is 3.50. The lowest BCUT2D eigenvalue weighted by Crippen LogP contribution is -2.29. The van der Waals surface area contributed by atoms with Crippen LogP contribution in [0.1, 0.15) is 25.3 Å². The highest BCUT2D eigenvalue weighted by atomic mass is 15.1. The Balaban J connectivity index is 2.06. The predicted octanol–water partition coefficient (Wildman–Crippen LogP) is 3.00. The summed E-state index contributed by atoms with van der Waals surface area (Å²) in [5, 5.41) is 3.35. The van der Waals surface area contributed by atoms with E-state index < -0.39 is 0 Å². The summed E-state index contributed by atoms with van der Waals surface area (Å²) < 4.78 is 0. The Bertz CT molecular complexity index is 398. The summed E-state index contributed by atoms with van der Waals surface area (Å²) >= 11 is 0. The molecular formula is C16H24N2. The number of benzene rings is 1. The van der Waals surface area contributed by atoms with Crippen molar-refractivity contribution < 1.29 is 0 Å². The predicted molar refractivity (Wildman–Crippen MR) is 79.3 cm³/mol. The van der Waals surface area contributed by atoms with Gasteiger partial charge >= 0.3 is 0 Å². The van der Waals surface area contributed by atoms with Crippen molar-refractivity contribution in [2.75, 3.05) is 31.1 Å². The van der Waals surface area contributed by atoms with Crippen molar-refractivity contribution in [3.8, 4) is 0 Å². The molecule has 0 spiro atoms. The van der Waals surface area contributed by atoms with Gasteiger partial charge in [0.05, 0.1) is 0 Å². The first kappa shape index (κ1) is 13.2. The van der Waals surface area contributed by atoms with Crippen molar-refractivity contribution >= 4 is 5.69 Å². The molecule has 1 aromatic rings. The molecule has 18 heavy (non-hydrogen) atoms. The number of rotatable bonds is 5. The third-order valence-corrected chi connectivity index (χ3v) is 3.50. The van der Waals surface area contributed by atoms with Gasteiger partial charge in [0.1, 0.15) is 0 Å². The highest BCUT2D eigenvalue weighted by Crippen LogP contribution is 2.26. The maximum Gasteiger partial charge on any atom is 0.0401 e. The number of para-hydroxylation sites is 1. The molecule has 1 aromatic carbocycles. The molecule has 0 atom stereocenters. The fourth-order valence-corrected chi connectivity index (χ4v) is 2.56. The lowest BCUT2D eigenvalue weighted by molar-refractivity contribution is 0.711. The zero-order valence-corrected chi connectivity index (χ0v) is 11.4. The molecule has 0 aliphatic carbocycles. The second-order valence-electron chi connectivity index (χ2n) is 5.04. The number of fused-ring (bicyclic) bond motifs is 1. The Morgan fingerprint density at radius 1 is 1.33 bits per heavy atom. The number of anilines is 1. The topological polar surface area (TPSA) is 15.3 Å². The van der Waals surface area contributed by atoms with Gasteiger partial charge in [0, 0.05) is 25.3 Å². The largest absolute Gasteiger partial charge is 0.367 e. The van der Waals surface area contributed by atoms with Crippen LogP contribution in [0.5, 0.6) is 0 Å². The van der Waals surface area contributed by atoms with Crippen LogP contribution in [-0.2, 0) is 6.42 Å². The molecule has 0 amide bonds. The number of likely N-dealkylation sites (N-methyl/N-ethyl adjacent to an activating group) is 1. The Kier molecular flexibility index (Phi) is 4.82. The van der Waals surface area contributed by atoms with Crippen molar-refractivity contribution in [2.24, 2.45) is 0 Å². The van der Waals surface area contributed by atoms with E-state index in [0.717, 1.165) is 26.2 Å². The summed E-state index contributed by atoms with van der Waals surface area (Å²) in [6.07, 6.45) is 3.79. The Hall–Kier alpha value is -1.28. The molecule has 0 aromatic heterocycles. The molecule has 2 heteroatoms. The summed E-state index contributed by atoms with van der Waals surface area (Å²) in [4.78, 5) is 2.49. The second-order valence-corrected chi connectivity index (χ2v) is 5.04. The van der Waals surface area contributed by atoms with Crippen molar-refractivity contribution in [3.05, 3.63) is 42.0 Å². The highest BCUT2D eigenvalue weighted by molar-refractivity contribution is 5.55. The van der Waals surface area contributed by atoms with Crippen LogP contribution >= 0.6 is 0 Å². The molecule has 0 saturated carbocycles. The van der Waals surface area contributed by atoms with Crippen LogP contribution in [0, 0.1) is 0 Å². The molecule has 0 saturated heterocycles. The van der Waals surface area contributed by atoms with Crippen LogP contribution in [-0.4, -0.2) is 26.2 Å². The van der Waals surface area contributed by atoms with Gasteiger partial charge in [-0.2, -0.15) is 0 Å². The molecule has 0 bridgehead atoms. The van der Waals surface area contributed by atoms with E-state index >= 15 is 0 Å². The minimum absolute atomic E-state index is 0.926. The molecule has 98 valence electrons. The average molecular weight is 244 g/mol. The van der Waals surface area contributed by atoms with Crippen molar-refractivity contribution in [1.29, 1.82) is 0 Å². The Morgan fingerprint density at radius 2 is 2.17 bits per heavy atom. The average Bonchev–Trinajstić information content (AvgIpc) is 2.59. The van der Waals surface area contributed by atoms with Crippen LogP contribution in [0.15, 0.2) is 36.4 Å². The third kappa shape index (κ3) is 3.36. The van der Waals surface area contributed by atoms with Gasteiger partial charge in [-0.3, -0.25) is 0 Å². The van der Waals surface area contributed by atoms with Crippen LogP contribution in [0.3, 0.4) is 0 Å². The maximum atomic E-state index is 4.19. The van der Waals surface area contributed by atoms with E-state index in [1.165, 1.54) is 36.1 Å². The summed E-state index contributed by atoms with van der Waals surface area (Å²) in [5.74, 6) is 0. The summed E-state index contributed by atoms with van der Waals surface area (Å²) in [5.41, 5.74) is 4.17. The van der Waals surface area contributed by atoms with Crippen molar-refractivity contribution in [2.45, 2.75) is 26.2 Å². The normalized spacial score (nSPS) is 15.1. The van der Waals surface area contributed by atoms with Gasteiger partial charge in [0.15, 0.2) is 0 Å². The Morgan fingerprint density at radius 3 is 3.00 bits per heavy atom. The number of nitrogens with one attached hydrogen (secondary N) is 1. The van der Waals surface area contributed by atoms with Crippen molar-refractivity contribution in [1.82, 2.24) is 5.32 Å². The zero-order chi connectivity index (χ0) is 12.8. The van der Waals surface area contributed by atoms with E-state index in [-0.39, 0.29) is 0 Å². The van der Waals surface area contributed by atoms with Crippen LogP contribution in [0.25, 0.3) is 0 Å². The van der Waals surface area contributed by atoms with Crippen molar-refractivity contribution in [3.63, 3.8) is 0 Å². The standard InChI is InChI=1S/C16H24N2/c1-3-17-12-14(2)13-18-11-7-6-9-15-8-4-5-10-16(15)18/h4-5,8,10,17H,2-3,6-7,9,11-13H2,1H3. The molecule has 1 N–H and O–H groups in total. The Labute approximate surface area is 111 Å². The van der Waals surface area contributed by atoms with E-state index in [1.54, 1.807) is 0 Å². The van der Waals surface area contributed by atoms with Crippen LogP contribution < -0.4 is 10.2 Å². The van der Waals surface area contributed by atoms with E-state index in [1.807, 2.05) is 0 Å². The van der Waals surface area contributed by atoms with Crippen LogP contribution in [0.2, 0.25) is 0 Å². The monoisotopic (exact) mass is 244 g/mol. The summed E-state index contributed by atoms with van der Waals surface area (Å²) in [7, 11) is 0. The first-order valence-corrected chi connectivity index (χ1v) is 7.01. The maximum absolute atomic E-state index is 4.19. The van der Waals surface area contributed by atoms with E-state index in [2.05, 4.69) is 48.0 Å². The lowest BCUT2D eigenvalue weighted by Gasteiger charge is -2.26. The zero-order valence-electron chi connectivity index (χ0n) is 11.4. The van der Waals surface area contributed by atoms with E-state index in [4.69, 9.17) is 0 Å². The number of nitrogens with zero attached hydrogens (tertiary/aromatic N) is 1. The smallest absolute Gasteiger partial charge is 0.0401 e. The van der Waals surface area contributed by atoms with Gasteiger partial charge in [-0.15, -0.1) is 0 Å². The van der Waals surface area contributed by atoms with Gasteiger partial charge in [-0.25, -0.2) is 0 Å². The molecule has 1 aliphatic heterocycles. The first-order chi connectivity index (χ1) is 8.81. The van der Waals surface area contributed by atoms with Gasteiger partial charge in [0.25, 0.3) is 0 Å². The highest BCUT2D eigenvalue weighted by Gasteiger charge is 2.14. The van der Waals surface area contributed by atoms with Gasteiger partial charge in [-0.1, -0.05) is 31.7 Å². The number of hydrogen-bond donors (Lipinski definition) is 1.